The topological polar surface area (TPSA) is 185 Å². The quantitative estimate of drug-likeness (QED) is 0.359. The lowest BCUT2D eigenvalue weighted by Crippen LogP contribution is -2.21. The first-order valence-corrected chi connectivity index (χ1v) is 9.53. The van der Waals surface area contributed by atoms with Crippen LogP contribution < -0.4 is 10.5 Å². The number of benzene rings is 2. The summed E-state index contributed by atoms with van der Waals surface area (Å²) in [4.78, 5) is 45.7. The first-order chi connectivity index (χ1) is 14.0. The Bertz CT molecular complexity index is 1110. The van der Waals surface area contributed by atoms with Gasteiger partial charge in [0.1, 0.15) is 0 Å². The lowest BCUT2D eigenvalue weighted by atomic mass is 10.1. The lowest BCUT2D eigenvalue weighted by Gasteiger charge is -2.08. The average molecular weight is 437 g/mol. The van der Waals surface area contributed by atoms with E-state index in [9.17, 15) is 32.9 Å². The van der Waals surface area contributed by atoms with E-state index in [0.29, 0.717) is 0 Å². The van der Waals surface area contributed by atoms with E-state index in [0.717, 1.165) is 25.3 Å². The van der Waals surface area contributed by atoms with Crippen molar-refractivity contribution in [1.29, 1.82) is 0 Å². The van der Waals surface area contributed by atoms with E-state index in [4.69, 9.17) is 9.88 Å². The molecule has 13 heteroatoms. The van der Waals surface area contributed by atoms with Crippen LogP contribution in [0, 0.1) is 10.1 Å². The molecular weight excluding hydrogens is 422 g/mol. The van der Waals surface area contributed by atoms with Crippen LogP contribution in [-0.2, 0) is 24.3 Å². The van der Waals surface area contributed by atoms with Crippen LogP contribution in [0.15, 0.2) is 47.4 Å². The maximum Gasteiger partial charge on any atom is 0.338 e. The molecule has 0 aliphatic carbocycles. The largest absolute Gasteiger partial charge is 0.465 e. The molecule has 0 atom stereocenters. The summed E-state index contributed by atoms with van der Waals surface area (Å²) in [5.74, 6) is -2.73. The van der Waals surface area contributed by atoms with Gasteiger partial charge in [-0.25, -0.2) is 23.1 Å². The van der Waals surface area contributed by atoms with E-state index < -0.39 is 45.1 Å². The number of carbonyl (C=O) groups excluding carboxylic acids is 3. The number of ether oxygens (including phenoxy) is 2. The minimum absolute atomic E-state index is 0.154. The van der Waals surface area contributed by atoms with Crippen LogP contribution >= 0.6 is 0 Å². The molecule has 0 saturated carbocycles. The summed E-state index contributed by atoms with van der Waals surface area (Å²) >= 11 is 0. The number of carbonyl (C=O) groups is 3. The maximum absolute atomic E-state index is 12.1. The number of nitro groups is 1. The SMILES string of the molecule is COC(=O)c1cc(C(=O)OCC(=O)Nc2ccc(S(N)(=O)=O)cc2)cc([N+](=O)[O-])c1. The van der Waals surface area contributed by atoms with Crippen molar-refractivity contribution < 1.29 is 37.2 Å². The second kappa shape index (κ2) is 9.11. The molecule has 0 spiro atoms. The Hall–Kier alpha value is -3.84. The van der Waals surface area contributed by atoms with Gasteiger partial charge in [-0.15, -0.1) is 0 Å². The molecule has 2 rings (SSSR count). The number of anilines is 1. The molecule has 0 bridgehead atoms. The first-order valence-electron chi connectivity index (χ1n) is 7.99. The fourth-order valence-corrected chi connectivity index (χ4v) is 2.73. The predicted molar refractivity (Wildman–Crippen MR) is 101 cm³/mol. The highest BCUT2D eigenvalue weighted by atomic mass is 32.2. The molecule has 2 aromatic carbocycles. The molecule has 0 heterocycles. The minimum atomic E-state index is -3.88. The van der Waals surface area contributed by atoms with Crippen LogP contribution in [0.4, 0.5) is 11.4 Å². The summed E-state index contributed by atoms with van der Waals surface area (Å²) in [6, 6.07) is 7.76. The van der Waals surface area contributed by atoms with Crippen molar-refractivity contribution in [2.75, 3.05) is 19.0 Å². The van der Waals surface area contributed by atoms with Gasteiger partial charge in [0.25, 0.3) is 11.6 Å². The van der Waals surface area contributed by atoms with Crippen LogP contribution in [0.3, 0.4) is 0 Å². The Balaban J connectivity index is 2.06. The van der Waals surface area contributed by atoms with E-state index in [1.807, 2.05) is 0 Å². The Morgan fingerprint density at radius 1 is 1.07 bits per heavy atom. The Morgan fingerprint density at radius 2 is 1.63 bits per heavy atom. The number of esters is 2. The molecular formula is C17H15N3O9S. The van der Waals surface area contributed by atoms with E-state index in [2.05, 4.69) is 10.1 Å². The molecule has 0 aliphatic rings. The normalized spacial score (nSPS) is 10.7. The van der Waals surface area contributed by atoms with Gasteiger partial charge < -0.3 is 14.8 Å². The van der Waals surface area contributed by atoms with Gasteiger partial charge in [-0.1, -0.05) is 0 Å². The van der Waals surface area contributed by atoms with Crippen molar-refractivity contribution in [3.63, 3.8) is 0 Å². The average Bonchev–Trinajstić information content (AvgIpc) is 2.70. The van der Waals surface area contributed by atoms with Gasteiger partial charge in [-0.2, -0.15) is 0 Å². The zero-order valence-corrected chi connectivity index (χ0v) is 16.2. The van der Waals surface area contributed by atoms with E-state index in [-0.39, 0.29) is 21.7 Å². The number of hydrogen-bond acceptors (Lipinski definition) is 9. The molecule has 0 aromatic heterocycles. The number of nitrogens with zero attached hydrogens (tertiary/aromatic N) is 1. The van der Waals surface area contributed by atoms with Crippen molar-refractivity contribution in [2.24, 2.45) is 5.14 Å². The van der Waals surface area contributed by atoms with Crippen LogP contribution in [0.2, 0.25) is 0 Å². The fraction of sp³-hybridized carbons (Fsp3) is 0.118. The molecule has 0 fully saturated rings. The molecule has 3 N–H and O–H groups in total. The highest BCUT2D eigenvalue weighted by molar-refractivity contribution is 7.89. The van der Waals surface area contributed by atoms with Gasteiger partial charge in [0.2, 0.25) is 10.0 Å². The Morgan fingerprint density at radius 3 is 2.13 bits per heavy atom. The molecule has 12 nitrogen and oxygen atoms in total. The third-order valence-electron chi connectivity index (χ3n) is 3.59. The first kappa shape index (κ1) is 22.4. The number of hydrogen-bond donors (Lipinski definition) is 2. The fourth-order valence-electron chi connectivity index (χ4n) is 2.21. The number of rotatable bonds is 7. The van der Waals surface area contributed by atoms with E-state index in [1.54, 1.807) is 0 Å². The zero-order valence-electron chi connectivity index (χ0n) is 15.4. The van der Waals surface area contributed by atoms with E-state index in [1.165, 1.54) is 24.3 Å². The molecule has 0 aliphatic heterocycles. The van der Waals surface area contributed by atoms with Gasteiger partial charge in [0, 0.05) is 17.8 Å². The number of non-ortho nitro benzene ring substituents is 1. The second-order valence-electron chi connectivity index (χ2n) is 5.71. The zero-order chi connectivity index (χ0) is 22.5. The number of nitro benzene ring substituents is 1. The highest BCUT2D eigenvalue weighted by Gasteiger charge is 2.20. The Labute approximate surface area is 169 Å². The lowest BCUT2D eigenvalue weighted by molar-refractivity contribution is -0.384. The number of primary sulfonamides is 1. The van der Waals surface area contributed by atoms with E-state index >= 15 is 0 Å². The summed E-state index contributed by atoms with van der Waals surface area (Å²) in [5, 5.41) is 18.3. The van der Waals surface area contributed by atoms with Gasteiger partial charge in [0.05, 0.1) is 28.1 Å². The van der Waals surface area contributed by atoms with Gasteiger partial charge in [-0.05, 0) is 30.3 Å². The third-order valence-corrected chi connectivity index (χ3v) is 4.52. The summed E-state index contributed by atoms with van der Waals surface area (Å²) in [6.07, 6.45) is 0. The summed E-state index contributed by atoms with van der Waals surface area (Å²) in [5.41, 5.74) is -0.885. The van der Waals surface area contributed by atoms with Gasteiger partial charge >= 0.3 is 11.9 Å². The summed E-state index contributed by atoms with van der Waals surface area (Å²) in [6.45, 7) is -0.744. The highest BCUT2D eigenvalue weighted by Crippen LogP contribution is 2.19. The van der Waals surface area contributed by atoms with Crippen molar-refractivity contribution >= 4 is 39.2 Å². The standard InChI is InChI=1S/C17H15N3O9S/c1-28-16(22)10-6-11(8-13(7-10)20(24)25)17(23)29-9-15(21)19-12-2-4-14(5-3-12)30(18,26)27/h2-8H,9H2,1H3,(H,19,21)(H2,18,26,27). The molecule has 0 radical (unpaired) electrons. The number of sulfonamides is 1. The summed E-state index contributed by atoms with van der Waals surface area (Å²) in [7, 11) is -2.82. The van der Waals surface area contributed by atoms with Crippen molar-refractivity contribution in [2.45, 2.75) is 4.90 Å². The third kappa shape index (κ3) is 5.83. The Kier molecular flexibility index (Phi) is 6.81. The monoisotopic (exact) mass is 437 g/mol. The number of methoxy groups -OCH3 is 1. The summed E-state index contributed by atoms with van der Waals surface area (Å²) < 4.78 is 31.7. The van der Waals surface area contributed by atoms with Crippen molar-refractivity contribution in [1.82, 2.24) is 0 Å². The van der Waals surface area contributed by atoms with Crippen LogP contribution in [0.25, 0.3) is 0 Å². The van der Waals surface area contributed by atoms with Crippen LogP contribution in [0.5, 0.6) is 0 Å². The molecule has 0 unspecified atom stereocenters. The molecule has 2 aromatic rings. The van der Waals surface area contributed by atoms with Gasteiger partial charge in [0.15, 0.2) is 6.61 Å². The minimum Gasteiger partial charge on any atom is -0.465 e. The maximum atomic E-state index is 12.1. The van der Waals surface area contributed by atoms with Crippen molar-refractivity contribution in [3.05, 3.63) is 63.7 Å². The number of nitrogens with two attached hydrogens (primary N) is 1. The van der Waals surface area contributed by atoms with Gasteiger partial charge in [-0.3, -0.25) is 14.9 Å². The van der Waals surface area contributed by atoms with Crippen LogP contribution in [0.1, 0.15) is 20.7 Å². The smallest absolute Gasteiger partial charge is 0.338 e. The molecule has 30 heavy (non-hydrogen) atoms. The number of nitrogens with one attached hydrogen (secondary N) is 1. The predicted octanol–water partition coefficient (Wildman–Crippen LogP) is 0.824. The molecule has 0 saturated heterocycles. The number of amides is 1. The second-order valence-corrected chi connectivity index (χ2v) is 7.27. The van der Waals surface area contributed by atoms with Crippen LogP contribution in [-0.4, -0.2) is 44.9 Å². The molecule has 158 valence electrons. The molecule has 1 amide bonds. The van der Waals surface area contributed by atoms with Crippen molar-refractivity contribution in [3.8, 4) is 0 Å².